The van der Waals surface area contributed by atoms with Crippen LogP contribution in [0.25, 0.3) is 0 Å². The lowest BCUT2D eigenvalue weighted by Crippen LogP contribution is -2.43. The summed E-state index contributed by atoms with van der Waals surface area (Å²) in [6, 6.07) is 4.73. The fourth-order valence-corrected chi connectivity index (χ4v) is 4.92. The zero-order valence-corrected chi connectivity index (χ0v) is 15.3. The first-order valence-electron chi connectivity index (χ1n) is 6.79. The topological polar surface area (TPSA) is 60.9 Å². The summed E-state index contributed by atoms with van der Waals surface area (Å²) in [4.78, 5) is 2.16. The zero-order chi connectivity index (χ0) is 16.2. The third-order valence-corrected chi connectivity index (χ3v) is 6.28. The molecular weight excluding hydrogens is 356 g/mol. The fourth-order valence-electron chi connectivity index (χ4n) is 2.31. The van der Waals surface area contributed by atoms with Gasteiger partial charge in [-0.15, -0.1) is 0 Å². The lowest BCUT2D eigenvalue weighted by atomic mass is 10.2. The van der Waals surface area contributed by atoms with Crippen LogP contribution in [0.5, 0.6) is 0 Å². The first kappa shape index (κ1) is 18.6. The van der Waals surface area contributed by atoms with Gasteiger partial charge in [0.25, 0.3) is 0 Å². The Morgan fingerprint density at radius 2 is 1.95 bits per heavy atom. The lowest BCUT2D eigenvalue weighted by Gasteiger charge is -2.29. The maximum absolute atomic E-state index is 12.9. The summed E-state index contributed by atoms with van der Waals surface area (Å²) in [5.74, 6) is 0. The Morgan fingerprint density at radius 3 is 2.43 bits per heavy atom. The van der Waals surface area contributed by atoms with E-state index in [-0.39, 0.29) is 17.5 Å². The summed E-state index contributed by atoms with van der Waals surface area (Å²) in [6.07, 6.45) is 0. The molecule has 120 valence electrons. The van der Waals surface area contributed by atoms with Gasteiger partial charge in [0, 0.05) is 23.6 Å². The molecule has 0 saturated carbocycles. The van der Waals surface area contributed by atoms with Crippen LogP contribution in [0.15, 0.2) is 27.6 Å². The van der Waals surface area contributed by atoms with Gasteiger partial charge in [-0.2, -0.15) is 4.31 Å². The predicted octanol–water partition coefficient (Wildman–Crippen LogP) is 1.90. The highest BCUT2D eigenvalue weighted by Gasteiger charge is 2.29. The number of benzene rings is 1. The summed E-state index contributed by atoms with van der Waals surface area (Å²) >= 11 is 3.30. The van der Waals surface area contributed by atoms with E-state index in [1.165, 1.54) is 10.4 Å². The minimum atomic E-state index is -3.61. The van der Waals surface area contributed by atoms with E-state index >= 15 is 0 Å². The zero-order valence-electron chi connectivity index (χ0n) is 12.9. The molecule has 1 atom stereocenters. The molecule has 0 aromatic heterocycles. The van der Waals surface area contributed by atoms with Crippen molar-refractivity contribution in [2.45, 2.75) is 31.4 Å². The number of aliphatic hydroxyl groups excluding tert-OH is 1. The Kier molecular flexibility index (Phi) is 6.80. The van der Waals surface area contributed by atoms with E-state index in [9.17, 15) is 13.5 Å². The number of sulfonamides is 1. The molecule has 0 bridgehead atoms. The van der Waals surface area contributed by atoms with Gasteiger partial charge in [0.15, 0.2) is 0 Å². The second kappa shape index (κ2) is 7.69. The van der Waals surface area contributed by atoms with Gasteiger partial charge >= 0.3 is 0 Å². The highest BCUT2D eigenvalue weighted by Crippen LogP contribution is 2.27. The van der Waals surface area contributed by atoms with Crippen molar-refractivity contribution in [2.24, 2.45) is 0 Å². The highest BCUT2D eigenvalue weighted by atomic mass is 79.9. The SMILES string of the molecule is CCN(C(C)CN(C)C)S(=O)(=O)c1cc(CO)ccc1Br. The quantitative estimate of drug-likeness (QED) is 0.786. The second-order valence-corrected chi connectivity index (χ2v) is 7.96. The minimum Gasteiger partial charge on any atom is -0.392 e. The molecule has 1 N–H and O–H groups in total. The number of aliphatic hydroxyl groups is 1. The van der Waals surface area contributed by atoms with Gasteiger partial charge in [-0.25, -0.2) is 8.42 Å². The second-order valence-electron chi connectivity index (χ2n) is 5.24. The normalized spacial score (nSPS) is 13.9. The first-order chi connectivity index (χ1) is 9.73. The van der Waals surface area contributed by atoms with Crippen molar-refractivity contribution in [1.29, 1.82) is 0 Å². The Morgan fingerprint density at radius 1 is 1.33 bits per heavy atom. The Bertz CT molecular complexity index is 576. The molecule has 5 nitrogen and oxygen atoms in total. The number of nitrogens with zero attached hydrogens (tertiary/aromatic N) is 2. The van der Waals surface area contributed by atoms with Gasteiger partial charge in [0.05, 0.1) is 11.5 Å². The largest absolute Gasteiger partial charge is 0.392 e. The van der Waals surface area contributed by atoms with Crippen LogP contribution in [-0.2, 0) is 16.6 Å². The molecule has 0 spiro atoms. The van der Waals surface area contributed by atoms with Crippen LogP contribution in [0.1, 0.15) is 19.4 Å². The van der Waals surface area contributed by atoms with Gasteiger partial charge in [0.1, 0.15) is 0 Å². The summed E-state index contributed by atoms with van der Waals surface area (Å²) in [5.41, 5.74) is 0.577. The van der Waals surface area contributed by atoms with E-state index < -0.39 is 10.0 Å². The lowest BCUT2D eigenvalue weighted by molar-refractivity contribution is 0.271. The van der Waals surface area contributed by atoms with Gasteiger partial charge in [0.2, 0.25) is 10.0 Å². The molecule has 0 radical (unpaired) electrons. The smallest absolute Gasteiger partial charge is 0.244 e. The molecule has 7 heteroatoms. The van der Waals surface area contributed by atoms with Gasteiger partial charge in [-0.3, -0.25) is 0 Å². The van der Waals surface area contributed by atoms with Gasteiger partial charge < -0.3 is 10.0 Å². The Labute approximate surface area is 135 Å². The minimum absolute atomic E-state index is 0.139. The Balaban J connectivity index is 3.24. The maximum atomic E-state index is 12.9. The molecule has 0 amide bonds. The van der Waals surface area contributed by atoms with E-state index in [1.807, 2.05) is 32.8 Å². The van der Waals surface area contributed by atoms with Crippen molar-refractivity contribution < 1.29 is 13.5 Å². The molecule has 1 aromatic carbocycles. The third kappa shape index (κ3) is 4.50. The summed E-state index contributed by atoms with van der Waals surface area (Å²) in [6.45, 7) is 4.57. The molecule has 1 aromatic rings. The van der Waals surface area contributed by atoms with Crippen molar-refractivity contribution in [1.82, 2.24) is 9.21 Å². The van der Waals surface area contributed by atoms with Crippen LogP contribution in [0.2, 0.25) is 0 Å². The molecular formula is C14H23BrN2O3S. The molecule has 0 aliphatic heterocycles. The summed E-state index contributed by atoms with van der Waals surface area (Å²) < 4.78 is 27.7. The molecule has 1 unspecified atom stereocenters. The van der Waals surface area contributed by atoms with E-state index in [1.54, 1.807) is 12.1 Å². The number of likely N-dealkylation sites (N-methyl/N-ethyl adjacent to an activating group) is 2. The maximum Gasteiger partial charge on any atom is 0.244 e. The third-order valence-electron chi connectivity index (χ3n) is 3.20. The van der Waals surface area contributed by atoms with Crippen LogP contribution in [-0.4, -0.2) is 56.0 Å². The van der Waals surface area contributed by atoms with E-state index in [4.69, 9.17) is 0 Å². The molecule has 21 heavy (non-hydrogen) atoms. The van der Waals surface area contributed by atoms with Gasteiger partial charge in [-0.1, -0.05) is 13.0 Å². The van der Waals surface area contributed by atoms with E-state index in [2.05, 4.69) is 15.9 Å². The fraction of sp³-hybridized carbons (Fsp3) is 0.571. The average Bonchev–Trinajstić information content (AvgIpc) is 2.38. The monoisotopic (exact) mass is 378 g/mol. The van der Waals surface area contributed by atoms with Crippen LogP contribution in [0, 0.1) is 0 Å². The van der Waals surface area contributed by atoms with Crippen LogP contribution < -0.4 is 0 Å². The summed E-state index contributed by atoms with van der Waals surface area (Å²) in [7, 11) is 0.221. The number of rotatable bonds is 7. The standard InChI is InChI=1S/C14H23BrN2O3S/c1-5-17(11(2)9-16(3)4)21(19,20)14-8-12(10-18)6-7-13(14)15/h6-8,11,18H,5,9-10H2,1-4H3. The Hall–Kier alpha value is -0.470. The molecule has 0 heterocycles. The van der Waals surface area contributed by atoms with Crippen molar-refractivity contribution in [3.05, 3.63) is 28.2 Å². The first-order valence-corrected chi connectivity index (χ1v) is 9.03. The van der Waals surface area contributed by atoms with Crippen LogP contribution >= 0.6 is 15.9 Å². The summed E-state index contributed by atoms with van der Waals surface area (Å²) in [5, 5.41) is 9.21. The van der Waals surface area contributed by atoms with Crippen molar-refractivity contribution in [3.63, 3.8) is 0 Å². The average molecular weight is 379 g/mol. The molecule has 0 aliphatic carbocycles. The van der Waals surface area contributed by atoms with Gasteiger partial charge in [-0.05, 0) is 54.6 Å². The molecule has 0 saturated heterocycles. The van der Waals surface area contributed by atoms with E-state index in [0.29, 0.717) is 23.1 Å². The number of hydrogen-bond acceptors (Lipinski definition) is 4. The molecule has 0 fully saturated rings. The van der Waals surface area contributed by atoms with Crippen molar-refractivity contribution in [2.75, 3.05) is 27.2 Å². The number of hydrogen-bond donors (Lipinski definition) is 1. The van der Waals surface area contributed by atoms with Crippen molar-refractivity contribution >= 4 is 26.0 Å². The molecule has 0 aliphatic rings. The van der Waals surface area contributed by atoms with E-state index in [0.717, 1.165) is 0 Å². The predicted molar refractivity (Wildman–Crippen MR) is 87.6 cm³/mol. The van der Waals surface area contributed by atoms with Crippen LogP contribution in [0.4, 0.5) is 0 Å². The molecule has 1 rings (SSSR count). The number of halogens is 1. The van der Waals surface area contributed by atoms with Crippen molar-refractivity contribution in [3.8, 4) is 0 Å². The highest BCUT2D eigenvalue weighted by molar-refractivity contribution is 9.10. The van der Waals surface area contributed by atoms with Crippen LogP contribution in [0.3, 0.4) is 0 Å².